The molecule has 1 aliphatic heterocycles. The Bertz CT molecular complexity index is 950. The van der Waals surface area contributed by atoms with Crippen LogP contribution in [0.25, 0.3) is 10.6 Å². The molecule has 1 amide bonds. The highest BCUT2D eigenvalue weighted by Crippen LogP contribution is 2.29. The topological polar surface area (TPSA) is 36.4 Å². The molecule has 0 spiro atoms. The van der Waals surface area contributed by atoms with Gasteiger partial charge in [0.2, 0.25) is 0 Å². The monoisotopic (exact) mass is 363 g/mol. The SMILES string of the molecule is Cc1ccccc1-c1nc(C(=O)N2CCN(C)Cc3ccccc32)cs1. The van der Waals surface area contributed by atoms with E-state index in [0.29, 0.717) is 12.2 Å². The molecule has 0 saturated heterocycles. The lowest BCUT2D eigenvalue weighted by Gasteiger charge is -2.21. The predicted molar refractivity (Wildman–Crippen MR) is 107 cm³/mol. The molecule has 0 atom stereocenters. The van der Waals surface area contributed by atoms with Crippen molar-refractivity contribution in [1.29, 1.82) is 0 Å². The molecule has 0 saturated carbocycles. The average molecular weight is 363 g/mol. The van der Waals surface area contributed by atoms with Crippen LogP contribution in [0.15, 0.2) is 53.9 Å². The van der Waals surface area contributed by atoms with Gasteiger partial charge in [-0.15, -0.1) is 11.3 Å². The number of carbonyl (C=O) groups excluding carboxylic acids is 1. The van der Waals surface area contributed by atoms with Gasteiger partial charge in [-0.1, -0.05) is 42.5 Å². The molecule has 2 aromatic carbocycles. The molecule has 1 aliphatic rings. The zero-order valence-corrected chi connectivity index (χ0v) is 15.8. The van der Waals surface area contributed by atoms with Crippen molar-refractivity contribution in [2.75, 3.05) is 25.0 Å². The van der Waals surface area contributed by atoms with E-state index in [4.69, 9.17) is 0 Å². The molecule has 2 heterocycles. The van der Waals surface area contributed by atoms with E-state index in [1.165, 1.54) is 22.5 Å². The van der Waals surface area contributed by atoms with Crippen LogP contribution in [0.4, 0.5) is 5.69 Å². The first-order valence-electron chi connectivity index (χ1n) is 8.73. The first-order chi connectivity index (χ1) is 12.6. The number of amides is 1. The third-order valence-electron chi connectivity index (χ3n) is 4.77. The normalized spacial score (nSPS) is 14.8. The second-order valence-corrected chi connectivity index (χ2v) is 7.53. The number of likely N-dealkylation sites (N-methyl/N-ethyl adjacent to an activating group) is 1. The number of carbonyl (C=O) groups is 1. The largest absolute Gasteiger partial charge is 0.305 e. The number of rotatable bonds is 2. The van der Waals surface area contributed by atoms with Gasteiger partial charge in [-0.3, -0.25) is 4.79 Å². The van der Waals surface area contributed by atoms with Crippen molar-refractivity contribution in [3.8, 4) is 10.6 Å². The average Bonchev–Trinajstić information content (AvgIpc) is 3.06. The van der Waals surface area contributed by atoms with E-state index in [1.807, 2.05) is 40.6 Å². The van der Waals surface area contributed by atoms with E-state index < -0.39 is 0 Å². The van der Waals surface area contributed by atoms with Gasteiger partial charge in [0.1, 0.15) is 10.7 Å². The van der Waals surface area contributed by atoms with E-state index >= 15 is 0 Å². The van der Waals surface area contributed by atoms with Crippen LogP contribution in [-0.4, -0.2) is 35.9 Å². The van der Waals surface area contributed by atoms with Crippen LogP contribution in [0, 0.1) is 6.92 Å². The maximum Gasteiger partial charge on any atom is 0.277 e. The van der Waals surface area contributed by atoms with Crippen molar-refractivity contribution < 1.29 is 4.79 Å². The Labute approximate surface area is 157 Å². The summed E-state index contributed by atoms with van der Waals surface area (Å²) >= 11 is 1.53. The molecule has 5 heteroatoms. The third kappa shape index (κ3) is 3.16. The van der Waals surface area contributed by atoms with Crippen molar-refractivity contribution in [3.05, 3.63) is 70.7 Å². The highest BCUT2D eigenvalue weighted by molar-refractivity contribution is 7.13. The van der Waals surface area contributed by atoms with Gasteiger partial charge in [0.15, 0.2) is 0 Å². The summed E-state index contributed by atoms with van der Waals surface area (Å²) in [6.07, 6.45) is 0. The van der Waals surface area contributed by atoms with Crippen molar-refractivity contribution in [2.45, 2.75) is 13.5 Å². The summed E-state index contributed by atoms with van der Waals surface area (Å²) in [6.45, 7) is 4.43. The molecule has 132 valence electrons. The number of benzene rings is 2. The molecular weight excluding hydrogens is 342 g/mol. The molecular formula is C21H21N3OS. The first-order valence-corrected chi connectivity index (χ1v) is 9.61. The number of aromatic nitrogens is 1. The summed E-state index contributed by atoms with van der Waals surface area (Å²) in [5, 5.41) is 2.77. The number of hydrogen-bond acceptors (Lipinski definition) is 4. The Balaban J connectivity index is 1.67. The fraction of sp³-hybridized carbons (Fsp3) is 0.238. The van der Waals surface area contributed by atoms with Gasteiger partial charge < -0.3 is 9.80 Å². The lowest BCUT2D eigenvalue weighted by molar-refractivity contribution is 0.0982. The number of aryl methyl sites for hydroxylation is 1. The van der Waals surface area contributed by atoms with Crippen molar-refractivity contribution in [3.63, 3.8) is 0 Å². The number of nitrogens with zero attached hydrogens (tertiary/aromatic N) is 3. The Morgan fingerprint density at radius 1 is 1.08 bits per heavy atom. The minimum absolute atomic E-state index is 0.0242. The summed E-state index contributed by atoms with van der Waals surface area (Å²) in [5.74, 6) is -0.0242. The molecule has 26 heavy (non-hydrogen) atoms. The summed E-state index contributed by atoms with van der Waals surface area (Å²) < 4.78 is 0. The Hall–Kier alpha value is -2.50. The summed E-state index contributed by atoms with van der Waals surface area (Å²) in [4.78, 5) is 22.0. The van der Waals surface area contributed by atoms with Gasteiger partial charge in [-0.2, -0.15) is 0 Å². The second-order valence-electron chi connectivity index (χ2n) is 6.68. The van der Waals surface area contributed by atoms with E-state index in [0.717, 1.165) is 29.3 Å². The smallest absolute Gasteiger partial charge is 0.277 e. The van der Waals surface area contributed by atoms with Crippen molar-refractivity contribution in [1.82, 2.24) is 9.88 Å². The summed E-state index contributed by atoms with van der Waals surface area (Å²) in [7, 11) is 2.09. The van der Waals surface area contributed by atoms with Gasteiger partial charge >= 0.3 is 0 Å². The highest BCUT2D eigenvalue weighted by Gasteiger charge is 2.25. The maximum atomic E-state index is 13.2. The maximum absolute atomic E-state index is 13.2. The van der Waals surface area contributed by atoms with Crippen LogP contribution < -0.4 is 4.90 Å². The molecule has 0 aliphatic carbocycles. The zero-order chi connectivity index (χ0) is 18.1. The van der Waals surface area contributed by atoms with Crippen LogP contribution in [-0.2, 0) is 6.54 Å². The quantitative estimate of drug-likeness (QED) is 0.684. The summed E-state index contributed by atoms with van der Waals surface area (Å²) in [6, 6.07) is 16.3. The van der Waals surface area contributed by atoms with Gasteiger partial charge in [-0.05, 0) is 31.2 Å². The highest BCUT2D eigenvalue weighted by atomic mass is 32.1. The molecule has 4 nitrogen and oxygen atoms in total. The third-order valence-corrected chi connectivity index (χ3v) is 5.65. The van der Waals surface area contributed by atoms with Gasteiger partial charge in [0.25, 0.3) is 5.91 Å². The molecule has 3 aromatic rings. The molecule has 1 aromatic heterocycles. The first kappa shape index (κ1) is 16.9. The molecule has 0 unspecified atom stereocenters. The Kier molecular flexibility index (Phi) is 4.57. The molecule has 4 rings (SSSR count). The van der Waals surface area contributed by atoms with Crippen LogP contribution in [0.5, 0.6) is 0 Å². The van der Waals surface area contributed by atoms with E-state index in [-0.39, 0.29) is 5.91 Å². The predicted octanol–water partition coefficient (Wildman–Crippen LogP) is 4.21. The minimum Gasteiger partial charge on any atom is -0.305 e. The number of thiazole rings is 1. The molecule has 0 N–H and O–H groups in total. The fourth-order valence-corrected chi connectivity index (χ4v) is 4.21. The lowest BCUT2D eigenvalue weighted by Crippen LogP contribution is -2.35. The van der Waals surface area contributed by atoms with Crippen LogP contribution in [0.2, 0.25) is 0 Å². The second kappa shape index (κ2) is 7.02. The van der Waals surface area contributed by atoms with Crippen LogP contribution in [0.1, 0.15) is 21.6 Å². The number of anilines is 1. The Morgan fingerprint density at radius 2 is 1.85 bits per heavy atom. The fourth-order valence-electron chi connectivity index (χ4n) is 3.33. The van der Waals surface area contributed by atoms with Crippen molar-refractivity contribution >= 4 is 22.9 Å². The minimum atomic E-state index is -0.0242. The van der Waals surface area contributed by atoms with Crippen LogP contribution >= 0.6 is 11.3 Å². The van der Waals surface area contributed by atoms with Crippen molar-refractivity contribution in [2.24, 2.45) is 0 Å². The number of fused-ring (bicyclic) bond motifs is 1. The number of hydrogen-bond donors (Lipinski definition) is 0. The van der Waals surface area contributed by atoms with Gasteiger partial charge in [-0.25, -0.2) is 4.98 Å². The van der Waals surface area contributed by atoms with Gasteiger partial charge in [0, 0.05) is 36.3 Å². The molecule has 0 bridgehead atoms. The van der Waals surface area contributed by atoms with E-state index in [2.05, 4.69) is 42.1 Å². The standard InChI is InChI=1S/C21H21N3OS/c1-15-7-3-5-9-17(15)20-22-18(14-26-20)21(25)24-12-11-23(2)13-16-8-4-6-10-19(16)24/h3-10,14H,11-13H2,1-2H3. The van der Waals surface area contributed by atoms with Gasteiger partial charge in [0.05, 0.1) is 0 Å². The van der Waals surface area contributed by atoms with E-state index in [1.54, 1.807) is 0 Å². The molecule has 0 radical (unpaired) electrons. The Morgan fingerprint density at radius 3 is 2.69 bits per heavy atom. The lowest BCUT2D eigenvalue weighted by atomic mass is 10.1. The molecule has 0 fully saturated rings. The number of para-hydroxylation sites is 1. The van der Waals surface area contributed by atoms with Crippen LogP contribution in [0.3, 0.4) is 0 Å². The van der Waals surface area contributed by atoms with E-state index in [9.17, 15) is 4.79 Å². The zero-order valence-electron chi connectivity index (χ0n) is 15.0. The summed E-state index contributed by atoms with van der Waals surface area (Å²) in [5.41, 5.74) is 4.95.